The number of halogens is 1. The Morgan fingerprint density at radius 3 is 2.52 bits per heavy atom. The SMILES string of the molecule is C=CCOc1ccc(C(O)=C2C(=O)C(=O)N(CCCN(C)C)[C@@H]2c2ccc(Cl)cc2)c(C)c1. The second-order valence-corrected chi connectivity index (χ2v) is 8.71. The maximum absolute atomic E-state index is 13.1. The number of aliphatic hydroxyl groups excluding tert-OH is 1. The zero-order valence-electron chi connectivity index (χ0n) is 19.2. The van der Waals surface area contributed by atoms with Gasteiger partial charge in [0.05, 0.1) is 11.6 Å². The average Bonchev–Trinajstić information content (AvgIpc) is 3.02. The number of nitrogens with zero attached hydrogens (tertiary/aromatic N) is 2. The van der Waals surface area contributed by atoms with E-state index >= 15 is 0 Å². The van der Waals surface area contributed by atoms with E-state index in [1.807, 2.05) is 25.9 Å². The van der Waals surface area contributed by atoms with Crippen LogP contribution in [0, 0.1) is 6.92 Å². The van der Waals surface area contributed by atoms with Gasteiger partial charge in [0.2, 0.25) is 0 Å². The fourth-order valence-corrected chi connectivity index (χ4v) is 4.08. The van der Waals surface area contributed by atoms with Gasteiger partial charge in [0.1, 0.15) is 18.1 Å². The first-order valence-corrected chi connectivity index (χ1v) is 11.2. The topological polar surface area (TPSA) is 70.1 Å². The number of carbonyl (C=O) groups is 2. The number of Topliss-reactive ketones (excluding diaryl/α,β-unsaturated/α-hetero) is 1. The number of likely N-dealkylation sites (tertiary alicyclic amines) is 1. The molecule has 1 aliphatic heterocycles. The van der Waals surface area contributed by atoms with Crippen LogP contribution in [0.15, 0.2) is 60.7 Å². The van der Waals surface area contributed by atoms with Crippen LogP contribution in [0.5, 0.6) is 5.75 Å². The Bertz CT molecular complexity index is 1080. The Hall–Kier alpha value is -3.09. The number of aryl methyl sites for hydroxylation is 1. The number of ether oxygens (including phenoxy) is 1. The molecular weight excluding hydrogens is 440 g/mol. The number of carbonyl (C=O) groups excluding carboxylic acids is 2. The van der Waals surface area contributed by atoms with E-state index < -0.39 is 17.7 Å². The fourth-order valence-electron chi connectivity index (χ4n) is 3.95. The molecular formula is C26H29ClN2O4. The van der Waals surface area contributed by atoms with E-state index in [2.05, 4.69) is 6.58 Å². The van der Waals surface area contributed by atoms with Gasteiger partial charge in [-0.25, -0.2) is 0 Å². The molecule has 0 spiro atoms. The normalized spacial score (nSPS) is 17.6. The molecule has 1 heterocycles. The third-order valence-corrected chi connectivity index (χ3v) is 5.80. The van der Waals surface area contributed by atoms with Crippen LogP contribution in [-0.4, -0.2) is 60.4 Å². The Morgan fingerprint density at radius 2 is 1.91 bits per heavy atom. The zero-order chi connectivity index (χ0) is 24.1. The van der Waals surface area contributed by atoms with Crippen LogP contribution < -0.4 is 4.74 Å². The van der Waals surface area contributed by atoms with E-state index in [-0.39, 0.29) is 11.3 Å². The predicted molar refractivity (Wildman–Crippen MR) is 131 cm³/mol. The van der Waals surface area contributed by atoms with Crippen molar-refractivity contribution in [3.63, 3.8) is 0 Å². The highest BCUT2D eigenvalue weighted by atomic mass is 35.5. The average molecular weight is 469 g/mol. The molecule has 0 unspecified atom stereocenters. The summed E-state index contributed by atoms with van der Waals surface area (Å²) < 4.78 is 5.56. The summed E-state index contributed by atoms with van der Waals surface area (Å²) in [6.45, 7) is 6.97. The summed E-state index contributed by atoms with van der Waals surface area (Å²) in [4.78, 5) is 29.7. The maximum atomic E-state index is 13.1. The zero-order valence-corrected chi connectivity index (χ0v) is 19.9. The molecule has 1 fully saturated rings. The van der Waals surface area contributed by atoms with Gasteiger partial charge in [-0.1, -0.05) is 36.4 Å². The van der Waals surface area contributed by atoms with Crippen LogP contribution in [0.4, 0.5) is 0 Å². The fraction of sp³-hybridized carbons (Fsp3) is 0.308. The monoisotopic (exact) mass is 468 g/mol. The molecule has 6 nitrogen and oxygen atoms in total. The van der Waals surface area contributed by atoms with Crippen LogP contribution in [-0.2, 0) is 9.59 Å². The lowest BCUT2D eigenvalue weighted by Crippen LogP contribution is -2.32. The molecule has 3 rings (SSSR count). The van der Waals surface area contributed by atoms with Crippen LogP contribution >= 0.6 is 11.6 Å². The smallest absolute Gasteiger partial charge is 0.295 e. The number of benzene rings is 2. The lowest BCUT2D eigenvalue weighted by atomic mass is 9.94. The Balaban J connectivity index is 2.07. The van der Waals surface area contributed by atoms with Crippen molar-refractivity contribution < 1.29 is 19.4 Å². The van der Waals surface area contributed by atoms with Crippen molar-refractivity contribution in [2.45, 2.75) is 19.4 Å². The quantitative estimate of drug-likeness (QED) is 0.252. The van der Waals surface area contributed by atoms with Crippen molar-refractivity contribution in [2.24, 2.45) is 0 Å². The number of aliphatic hydroxyl groups is 1. The number of ketones is 1. The highest BCUT2D eigenvalue weighted by molar-refractivity contribution is 6.46. The van der Waals surface area contributed by atoms with Gasteiger partial charge in [0.25, 0.3) is 11.7 Å². The first-order valence-electron chi connectivity index (χ1n) is 10.8. The third-order valence-electron chi connectivity index (χ3n) is 5.55. The highest BCUT2D eigenvalue weighted by Gasteiger charge is 2.45. The molecule has 1 aliphatic rings. The van der Waals surface area contributed by atoms with Crippen molar-refractivity contribution in [1.29, 1.82) is 0 Å². The predicted octanol–water partition coefficient (Wildman–Crippen LogP) is 4.59. The lowest BCUT2D eigenvalue weighted by molar-refractivity contribution is -0.139. The van der Waals surface area contributed by atoms with E-state index in [0.29, 0.717) is 41.5 Å². The summed E-state index contributed by atoms with van der Waals surface area (Å²) in [6.07, 6.45) is 2.34. The van der Waals surface area contributed by atoms with Gasteiger partial charge >= 0.3 is 0 Å². The third kappa shape index (κ3) is 5.46. The molecule has 2 aromatic carbocycles. The number of rotatable bonds is 9. The highest BCUT2D eigenvalue weighted by Crippen LogP contribution is 2.40. The summed E-state index contributed by atoms with van der Waals surface area (Å²) in [6, 6.07) is 11.5. The largest absolute Gasteiger partial charge is 0.507 e. The standard InChI is InChI=1S/C26H29ClN2O4/c1-5-15-33-20-11-12-21(17(2)16-20)24(30)22-23(18-7-9-19(27)10-8-18)29(26(32)25(22)31)14-6-13-28(3)4/h5,7-12,16,23,30H,1,6,13-15H2,2-4H3/t23-/m1/s1. The molecule has 174 valence electrons. The van der Waals surface area contributed by atoms with E-state index in [0.717, 1.165) is 12.1 Å². The lowest BCUT2D eigenvalue weighted by Gasteiger charge is -2.26. The molecule has 33 heavy (non-hydrogen) atoms. The molecule has 0 aromatic heterocycles. The number of amides is 1. The molecule has 2 aromatic rings. The number of hydrogen-bond acceptors (Lipinski definition) is 5. The van der Waals surface area contributed by atoms with Crippen molar-refractivity contribution in [3.05, 3.63) is 82.4 Å². The first-order chi connectivity index (χ1) is 15.7. The Morgan fingerprint density at radius 1 is 1.21 bits per heavy atom. The van der Waals surface area contributed by atoms with E-state index in [9.17, 15) is 14.7 Å². The molecule has 7 heteroatoms. The first kappa shape index (κ1) is 24.6. The van der Waals surface area contributed by atoms with Crippen LogP contribution in [0.1, 0.15) is 29.2 Å². The van der Waals surface area contributed by atoms with Gasteiger partial charge in [-0.05, 0) is 75.4 Å². The summed E-state index contributed by atoms with van der Waals surface area (Å²) in [5, 5.41) is 11.8. The molecule has 0 radical (unpaired) electrons. The minimum atomic E-state index is -0.694. The van der Waals surface area contributed by atoms with Crippen molar-refractivity contribution in [2.75, 3.05) is 33.8 Å². The van der Waals surface area contributed by atoms with Gasteiger partial charge in [-0.3, -0.25) is 9.59 Å². The van der Waals surface area contributed by atoms with Gasteiger partial charge in [0.15, 0.2) is 0 Å². The Kier molecular flexibility index (Phi) is 7.95. The summed E-state index contributed by atoms with van der Waals surface area (Å²) in [7, 11) is 3.91. The van der Waals surface area contributed by atoms with Gasteiger partial charge in [-0.2, -0.15) is 0 Å². The Labute approximate surface area is 199 Å². The van der Waals surface area contributed by atoms with Gasteiger partial charge in [-0.15, -0.1) is 0 Å². The summed E-state index contributed by atoms with van der Waals surface area (Å²) in [5.41, 5.74) is 2.00. The second kappa shape index (κ2) is 10.7. The van der Waals surface area contributed by atoms with Crippen LogP contribution in [0.3, 0.4) is 0 Å². The number of hydrogen-bond donors (Lipinski definition) is 1. The molecule has 1 atom stereocenters. The molecule has 0 bridgehead atoms. The molecule has 0 saturated carbocycles. The van der Waals surface area contributed by atoms with E-state index in [4.69, 9.17) is 16.3 Å². The summed E-state index contributed by atoms with van der Waals surface area (Å²) >= 11 is 6.06. The second-order valence-electron chi connectivity index (χ2n) is 8.28. The van der Waals surface area contributed by atoms with Gasteiger partial charge < -0.3 is 19.6 Å². The van der Waals surface area contributed by atoms with Crippen LogP contribution in [0.25, 0.3) is 5.76 Å². The van der Waals surface area contributed by atoms with Crippen molar-refractivity contribution >= 4 is 29.1 Å². The van der Waals surface area contributed by atoms with E-state index in [1.54, 1.807) is 48.5 Å². The minimum absolute atomic E-state index is 0.0787. The van der Waals surface area contributed by atoms with E-state index in [1.165, 1.54) is 4.90 Å². The van der Waals surface area contributed by atoms with Crippen molar-refractivity contribution in [3.8, 4) is 5.75 Å². The summed E-state index contributed by atoms with van der Waals surface area (Å²) in [5.74, 6) is -0.874. The minimum Gasteiger partial charge on any atom is -0.507 e. The van der Waals surface area contributed by atoms with Gasteiger partial charge in [0, 0.05) is 17.1 Å². The van der Waals surface area contributed by atoms with Crippen molar-refractivity contribution in [1.82, 2.24) is 9.80 Å². The van der Waals surface area contributed by atoms with Crippen LogP contribution in [0.2, 0.25) is 5.02 Å². The maximum Gasteiger partial charge on any atom is 0.295 e. The molecule has 1 amide bonds. The molecule has 1 N–H and O–H groups in total. The molecule has 0 aliphatic carbocycles. The molecule has 1 saturated heterocycles.